The molecule has 2 amide bonds. The Kier molecular flexibility index (Phi) is 10.3. The highest BCUT2D eigenvalue weighted by molar-refractivity contribution is 7.92. The third-order valence-electron chi connectivity index (χ3n) is 6.72. The van der Waals surface area contributed by atoms with E-state index in [1.165, 1.54) is 17.0 Å². The maximum atomic E-state index is 14.1. The molecule has 0 saturated heterocycles. The summed E-state index contributed by atoms with van der Waals surface area (Å²) >= 11 is 0. The summed E-state index contributed by atoms with van der Waals surface area (Å²) in [7, 11) is -2.52. The smallest absolute Gasteiger partial charge is 0.264 e. The Labute approximate surface area is 238 Å². The second-order valence-electron chi connectivity index (χ2n) is 10.1. The molecular weight excluding hydrogens is 526 g/mol. The summed E-state index contributed by atoms with van der Waals surface area (Å²) in [5.74, 6) is -0.108. The Bertz CT molecular complexity index is 1410. The number of sulfonamides is 1. The predicted molar refractivity (Wildman–Crippen MR) is 158 cm³/mol. The van der Waals surface area contributed by atoms with Crippen molar-refractivity contribution >= 4 is 27.5 Å². The van der Waals surface area contributed by atoms with Gasteiger partial charge in [-0.1, -0.05) is 43.3 Å². The number of benzene rings is 3. The van der Waals surface area contributed by atoms with Gasteiger partial charge in [0.25, 0.3) is 10.0 Å². The van der Waals surface area contributed by atoms with Gasteiger partial charge >= 0.3 is 0 Å². The first kappa shape index (κ1) is 30.7. The summed E-state index contributed by atoms with van der Waals surface area (Å²) in [4.78, 5) is 28.9. The second kappa shape index (κ2) is 13.5. The fourth-order valence-electron chi connectivity index (χ4n) is 4.36. The lowest BCUT2D eigenvalue weighted by atomic mass is 10.1. The highest BCUT2D eigenvalue weighted by atomic mass is 32.2. The molecule has 40 heavy (non-hydrogen) atoms. The molecular formula is C31H39N3O5S. The molecule has 3 rings (SSSR count). The van der Waals surface area contributed by atoms with Crippen LogP contribution in [0.4, 0.5) is 5.69 Å². The third kappa shape index (κ3) is 7.41. The number of rotatable bonds is 12. The van der Waals surface area contributed by atoms with Crippen molar-refractivity contribution in [2.24, 2.45) is 0 Å². The van der Waals surface area contributed by atoms with E-state index in [2.05, 4.69) is 5.32 Å². The molecule has 0 heterocycles. The van der Waals surface area contributed by atoms with Crippen molar-refractivity contribution in [2.45, 2.75) is 64.6 Å². The number of nitrogens with zero attached hydrogens (tertiary/aromatic N) is 2. The van der Waals surface area contributed by atoms with Gasteiger partial charge in [0.05, 0.1) is 17.7 Å². The molecule has 0 spiro atoms. The molecule has 3 aromatic carbocycles. The Morgan fingerprint density at radius 2 is 1.57 bits per heavy atom. The molecule has 0 aliphatic carbocycles. The number of nitrogens with one attached hydrogen (secondary N) is 1. The average molecular weight is 566 g/mol. The molecule has 3 aromatic rings. The van der Waals surface area contributed by atoms with Crippen molar-refractivity contribution in [3.8, 4) is 5.75 Å². The van der Waals surface area contributed by atoms with Crippen molar-refractivity contribution in [3.63, 3.8) is 0 Å². The highest BCUT2D eigenvalue weighted by Gasteiger charge is 2.34. The van der Waals surface area contributed by atoms with E-state index in [1.807, 2.05) is 52.8 Å². The summed E-state index contributed by atoms with van der Waals surface area (Å²) in [6.07, 6.45) is 0.357. The number of carbonyl (C=O) groups is 2. The van der Waals surface area contributed by atoms with Crippen molar-refractivity contribution in [1.82, 2.24) is 10.2 Å². The van der Waals surface area contributed by atoms with Gasteiger partial charge in [-0.2, -0.15) is 0 Å². The zero-order chi connectivity index (χ0) is 29.4. The van der Waals surface area contributed by atoms with Crippen LogP contribution in [0.15, 0.2) is 77.7 Å². The van der Waals surface area contributed by atoms with Crippen LogP contribution in [-0.2, 0) is 26.2 Å². The van der Waals surface area contributed by atoms with E-state index in [-0.39, 0.29) is 23.4 Å². The van der Waals surface area contributed by atoms with Crippen molar-refractivity contribution in [3.05, 3.63) is 89.5 Å². The number of carbonyl (C=O) groups excluding carboxylic acids is 2. The Morgan fingerprint density at radius 1 is 0.925 bits per heavy atom. The van der Waals surface area contributed by atoms with E-state index in [9.17, 15) is 18.0 Å². The normalized spacial score (nSPS) is 12.1. The van der Waals surface area contributed by atoms with Gasteiger partial charge in [-0.25, -0.2) is 8.42 Å². The van der Waals surface area contributed by atoms with E-state index in [1.54, 1.807) is 49.6 Å². The summed E-state index contributed by atoms with van der Waals surface area (Å²) < 4.78 is 34.2. The minimum Gasteiger partial charge on any atom is -0.497 e. The van der Waals surface area contributed by atoms with Gasteiger partial charge in [0, 0.05) is 12.6 Å². The molecule has 214 valence electrons. The van der Waals surface area contributed by atoms with Gasteiger partial charge < -0.3 is 15.0 Å². The second-order valence-corrected chi connectivity index (χ2v) is 11.9. The van der Waals surface area contributed by atoms with E-state index in [0.717, 1.165) is 21.0 Å². The number of anilines is 1. The van der Waals surface area contributed by atoms with Crippen LogP contribution in [-0.4, -0.2) is 50.9 Å². The minimum absolute atomic E-state index is 0.0762. The number of aryl methyl sites for hydroxylation is 2. The molecule has 9 heteroatoms. The van der Waals surface area contributed by atoms with Gasteiger partial charge in [0.2, 0.25) is 11.8 Å². The van der Waals surface area contributed by atoms with Crippen molar-refractivity contribution < 1.29 is 22.7 Å². The molecule has 0 fully saturated rings. The number of ether oxygens (including phenoxy) is 1. The van der Waals surface area contributed by atoms with Crippen LogP contribution in [0.1, 0.15) is 43.9 Å². The summed E-state index contributed by atoms with van der Waals surface area (Å²) in [5.41, 5.74) is 3.07. The SMILES string of the molecule is CCC(C(=O)NC(C)C)N(Cc1ccc(OC)cc1)C(=O)CN(c1ccc(C)c(C)c1)S(=O)(=O)c1ccccc1. The molecule has 0 aromatic heterocycles. The maximum absolute atomic E-state index is 14.1. The van der Waals surface area contributed by atoms with Crippen LogP contribution in [0.25, 0.3) is 0 Å². The maximum Gasteiger partial charge on any atom is 0.264 e. The van der Waals surface area contributed by atoms with Gasteiger partial charge in [-0.05, 0) is 87.2 Å². The molecule has 0 saturated carbocycles. The molecule has 0 aliphatic heterocycles. The van der Waals surface area contributed by atoms with Gasteiger partial charge in [-0.15, -0.1) is 0 Å². The quantitative estimate of drug-likeness (QED) is 0.339. The van der Waals surface area contributed by atoms with E-state index < -0.39 is 28.5 Å². The topological polar surface area (TPSA) is 96.0 Å². The summed E-state index contributed by atoms with van der Waals surface area (Å²) in [5, 5.41) is 2.90. The first-order valence-electron chi connectivity index (χ1n) is 13.4. The predicted octanol–water partition coefficient (Wildman–Crippen LogP) is 4.84. The van der Waals surface area contributed by atoms with Crippen LogP contribution < -0.4 is 14.4 Å². The van der Waals surface area contributed by atoms with Crippen molar-refractivity contribution in [1.29, 1.82) is 0 Å². The van der Waals surface area contributed by atoms with Crippen LogP contribution in [0.5, 0.6) is 5.75 Å². The monoisotopic (exact) mass is 565 g/mol. The third-order valence-corrected chi connectivity index (χ3v) is 8.51. The summed E-state index contributed by atoms with van der Waals surface area (Å²) in [6.45, 7) is 9.03. The first-order chi connectivity index (χ1) is 19.0. The zero-order valence-electron chi connectivity index (χ0n) is 24.0. The zero-order valence-corrected chi connectivity index (χ0v) is 24.9. The van der Waals surface area contributed by atoms with Gasteiger partial charge in [0.15, 0.2) is 0 Å². The molecule has 8 nitrogen and oxygen atoms in total. The Morgan fingerprint density at radius 3 is 2.12 bits per heavy atom. The fourth-order valence-corrected chi connectivity index (χ4v) is 5.78. The lowest BCUT2D eigenvalue weighted by Crippen LogP contribution is -2.53. The largest absolute Gasteiger partial charge is 0.497 e. The van der Waals surface area contributed by atoms with E-state index in [0.29, 0.717) is 17.9 Å². The molecule has 0 radical (unpaired) electrons. The Balaban J connectivity index is 2.07. The highest BCUT2D eigenvalue weighted by Crippen LogP contribution is 2.27. The summed E-state index contributed by atoms with van der Waals surface area (Å²) in [6, 6.07) is 19.7. The lowest BCUT2D eigenvalue weighted by molar-refractivity contribution is -0.140. The number of hydrogen-bond acceptors (Lipinski definition) is 5. The number of hydrogen-bond donors (Lipinski definition) is 1. The van der Waals surface area contributed by atoms with Crippen molar-refractivity contribution in [2.75, 3.05) is 18.0 Å². The standard InChI is InChI=1S/C31H39N3O5S/c1-7-29(31(36)32-22(2)3)33(20-25-14-17-27(39-6)18-15-25)30(35)21-34(26-16-13-23(4)24(5)19-26)40(37,38)28-11-9-8-10-12-28/h8-19,22,29H,7,20-21H2,1-6H3,(H,32,36). The van der Waals surface area contributed by atoms with E-state index >= 15 is 0 Å². The average Bonchev–Trinajstić information content (AvgIpc) is 2.93. The Hall–Kier alpha value is -3.85. The van der Waals surface area contributed by atoms with Crippen LogP contribution >= 0.6 is 0 Å². The van der Waals surface area contributed by atoms with Crippen LogP contribution in [0, 0.1) is 13.8 Å². The van der Waals surface area contributed by atoms with Gasteiger partial charge in [0.1, 0.15) is 18.3 Å². The number of amides is 2. The molecule has 0 bridgehead atoms. The first-order valence-corrected chi connectivity index (χ1v) is 14.8. The van der Waals surface area contributed by atoms with Gasteiger partial charge in [-0.3, -0.25) is 13.9 Å². The molecule has 1 N–H and O–H groups in total. The number of methoxy groups -OCH3 is 1. The van der Waals surface area contributed by atoms with Crippen LogP contribution in [0.2, 0.25) is 0 Å². The molecule has 1 unspecified atom stereocenters. The molecule has 0 aliphatic rings. The fraction of sp³-hybridized carbons (Fsp3) is 0.355. The molecule has 1 atom stereocenters. The minimum atomic E-state index is -4.10. The lowest BCUT2D eigenvalue weighted by Gasteiger charge is -2.33. The van der Waals surface area contributed by atoms with Crippen LogP contribution in [0.3, 0.4) is 0 Å². The van der Waals surface area contributed by atoms with E-state index in [4.69, 9.17) is 4.74 Å².